The Kier molecular flexibility index (Phi) is 5.61. The van der Waals surface area contributed by atoms with E-state index in [0.29, 0.717) is 0 Å². The van der Waals surface area contributed by atoms with Crippen LogP contribution in [0.1, 0.15) is 13.3 Å². The van der Waals surface area contributed by atoms with E-state index in [2.05, 4.69) is 19.6 Å². The van der Waals surface area contributed by atoms with Gasteiger partial charge >= 0.3 is 0 Å². The van der Waals surface area contributed by atoms with Gasteiger partial charge in [0, 0.05) is 0 Å². The minimum atomic E-state index is 1.10. The summed E-state index contributed by atoms with van der Waals surface area (Å²) in [5.74, 6) is 0. The van der Waals surface area contributed by atoms with E-state index in [1.165, 1.54) is 0 Å². The lowest BCUT2D eigenvalue weighted by atomic mass is 10.4. The average Bonchev–Trinajstić information content (AvgIpc) is 1.81. The molecule has 0 bridgehead atoms. The van der Waals surface area contributed by atoms with Gasteiger partial charge in [-0.2, -0.15) is 0 Å². The van der Waals surface area contributed by atoms with E-state index in [-0.39, 0.29) is 0 Å². The predicted molar refractivity (Wildman–Crippen MR) is 38.8 cm³/mol. The maximum absolute atomic E-state index is 3.54. The largest absolute Gasteiger partial charge is 0.0991 e. The molecule has 0 spiro atoms. The van der Waals surface area contributed by atoms with Crippen LogP contribution < -0.4 is 0 Å². The first-order valence-electron chi connectivity index (χ1n) is 2.86. The molecule has 0 aliphatic carbocycles. The zero-order valence-corrected chi connectivity index (χ0v) is 5.30. The van der Waals surface area contributed by atoms with Crippen LogP contribution in [0.3, 0.4) is 0 Å². The van der Waals surface area contributed by atoms with Crippen molar-refractivity contribution in [2.24, 2.45) is 0 Å². The summed E-state index contributed by atoms with van der Waals surface area (Å²) in [6, 6.07) is 0. The second-order valence-corrected chi connectivity index (χ2v) is 1.46. The minimum Gasteiger partial charge on any atom is -0.0991 e. The molecular weight excluding hydrogens is 96.1 g/mol. The fourth-order valence-corrected chi connectivity index (χ4v) is 0.357. The van der Waals surface area contributed by atoms with Crippen molar-refractivity contribution in [3.8, 4) is 0 Å². The topological polar surface area (TPSA) is 0 Å². The van der Waals surface area contributed by atoms with E-state index in [0.717, 1.165) is 6.42 Å². The highest BCUT2D eigenvalue weighted by molar-refractivity contribution is 5.08. The van der Waals surface area contributed by atoms with Crippen LogP contribution in [-0.2, 0) is 0 Å². The zero-order valence-electron chi connectivity index (χ0n) is 5.30. The summed E-state index contributed by atoms with van der Waals surface area (Å²) in [4.78, 5) is 0. The van der Waals surface area contributed by atoms with Crippen LogP contribution in [0.4, 0.5) is 0 Å². The third-order valence-corrected chi connectivity index (χ3v) is 0.730. The van der Waals surface area contributed by atoms with Gasteiger partial charge in [-0.15, -0.1) is 0 Å². The van der Waals surface area contributed by atoms with E-state index in [4.69, 9.17) is 0 Å². The van der Waals surface area contributed by atoms with Gasteiger partial charge in [0.15, 0.2) is 0 Å². The van der Waals surface area contributed by atoms with Crippen molar-refractivity contribution in [3.05, 3.63) is 37.0 Å². The number of hydrogen-bond acceptors (Lipinski definition) is 0. The second-order valence-electron chi connectivity index (χ2n) is 1.46. The quantitative estimate of drug-likeness (QED) is 0.487. The molecule has 0 rings (SSSR count). The molecule has 0 atom stereocenters. The first-order valence-corrected chi connectivity index (χ1v) is 2.86. The number of allylic oxidation sites excluding steroid dienone is 5. The molecule has 0 unspecified atom stereocenters. The summed E-state index contributed by atoms with van der Waals surface area (Å²) in [5.41, 5.74) is 0. The van der Waals surface area contributed by atoms with Gasteiger partial charge in [0.2, 0.25) is 0 Å². The Bertz CT molecular complexity index is 96.6. The summed E-state index contributed by atoms with van der Waals surface area (Å²) in [6.07, 6.45) is 10.9. The molecule has 0 fully saturated rings. The van der Waals surface area contributed by atoms with Gasteiger partial charge in [-0.05, 0) is 6.42 Å². The Morgan fingerprint density at radius 2 is 2.00 bits per heavy atom. The van der Waals surface area contributed by atoms with Gasteiger partial charge in [-0.1, -0.05) is 43.9 Å². The lowest BCUT2D eigenvalue weighted by Crippen LogP contribution is -1.49. The lowest BCUT2D eigenvalue weighted by Gasteiger charge is -1.71. The molecule has 0 heterocycles. The molecule has 0 N–H and O–H groups in total. The third kappa shape index (κ3) is 5.22. The van der Waals surface area contributed by atoms with Gasteiger partial charge in [-0.25, -0.2) is 0 Å². The highest BCUT2D eigenvalue weighted by atomic mass is 13.7. The summed E-state index contributed by atoms with van der Waals surface area (Å²) < 4.78 is 0. The van der Waals surface area contributed by atoms with Crippen LogP contribution in [0.25, 0.3) is 0 Å². The molecule has 0 aliphatic rings. The Balaban J connectivity index is 3.26. The average molecular weight is 108 g/mol. The van der Waals surface area contributed by atoms with Gasteiger partial charge < -0.3 is 0 Å². The summed E-state index contributed by atoms with van der Waals surface area (Å²) in [7, 11) is 0. The molecule has 0 saturated carbocycles. The first kappa shape index (κ1) is 7.22. The second kappa shape index (κ2) is 6.22. The molecular formula is C8H12. The maximum atomic E-state index is 3.54. The standard InChI is InChI=1S/C8H12/c1-3-5-7-8-6-4-2/h3,5-8H,1,4H2,2H3/b7-5-,8-6-. The predicted octanol–water partition coefficient (Wildman–Crippen LogP) is 2.69. The Labute approximate surface area is 51.2 Å². The van der Waals surface area contributed by atoms with Gasteiger partial charge in [0.25, 0.3) is 0 Å². The Morgan fingerprint density at radius 1 is 1.25 bits per heavy atom. The van der Waals surface area contributed by atoms with Crippen molar-refractivity contribution in [1.29, 1.82) is 0 Å². The minimum absolute atomic E-state index is 1.10. The van der Waals surface area contributed by atoms with Crippen LogP contribution >= 0.6 is 0 Å². The molecule has 0 aromatic carbocycles. The van der Waals surface area contributed by atoms with Gasteiger partial charge in [0.1, 0.15) is 0 Å². The van der Waals surface area contributed by atoms with Crippen LogP contribution in [0, 0.1) is 0 Å². The summed E-state index contributed by atoms with van der Waals surface area (Å²) in [5, 5.41) is 0. The van der Waals surface area contributed by atoms with Crippen LogP contribution in [-0.4, -0.2) is 0 Å². The molecule has 0 saturated heterocycles. The van der Waals surface area contributed by atoms with Crippen LogP contribution in [0.15, 0.2) is 37.0 Å². The van der Waals surface area contributed by atoms with Crippen molar-refractivity contribution in [2.45, 2.75) is 13.3 Å². The van der Waals surface area contributed by atoms with Crippen LogP contribution in [0.5, 0.6) is 0 Å². The molecule has 44 valence electrons. The number of rotatable bonds is 3. The fraction of sp³-hybridized carbons (Fsp3) is 0.250. The van der Waals surface area contributed by atoms with Crippen LogP contribution in [0.2, 0.25) is 0 Å². The van der Waals surface area contributed by atoms with Crippen molar-refractivity contribution < 1.29 is 0 Å². The van der Waals surface area contributed by atoms with E-state index < -0.39 is 0 Å². The maximum Gasteiger partial charge on any atom is -0.0376 e. The van der Waals surface area contributed by atoms with E-state index in [1.54, 1.807) is 6.08 Å². The molecule has 0 aromatic heterocycles. The normalized spacial score (nSPS) is 11.1. The first-order chi connectivity index (χ1) is 3.91. The van der Waals surface area contributed by atoms with E-state index >= 15 is 0 Å². The lowest BCUT2D eigenvalue weighted by molar-refractivity contribution is 1.22. The fourth-order valence-electron chi connectivity index (χ4n) is 0.357. The molecule has 0 heteroatoms. The summed E-state index contributed by atoms with van der Waals surface area (Å²) in [6.45, 7) is 5.65. The third-order valence-electron chi connectivity index (χ3n) is 0.730. The van der Waals surface area contributed by atoms with E-state index in [9.17, 15) is 0 Å². The molecule has 0 aromatic rings. The van der Waals surface area contributed by atoms with Crippen molar-refractivity contribution in [3.63, 3.8) is 0 Å². The molecule has 0 radical (unpaired) electrons. The zero-order chi connectivity index (χ0) is 6.24. The SMILES string of the molecule is C=C/C=C\C=C/CC. The van der Waals surface area contributed by atoms with Gasteiger partial charge in [-0.3, -0.25) is 0 Å². The Morgan fingerprint density at radius 3 is 2.50 bits per heavy atom. The molecule has 0 amide bonds. The molecule has 0 nitrogen and oxygen atoms in total. The van der Waals surface area contributed by atoms with Crippen molar-refractivity contribution in [2.75, 3.05) is 0 Å². The summed E-state index contributed by atoms with van der Waals surface area (Å²) >= 11 is 0. The van der Waals surface area contributed by atoms with Crippen molar-refractivity contribution >= 4 is 0 Å². The van der Waals surface area contributed by atoms with E-state index in [1.807, 2.05) is 18.2 Å². The van der Waals surface area contributed by atoms with Crippen molar-refractivity contribution in [1.82, 2.24) is 0 Å². The number of hydrogen-bond donors (Lipinski definition) is 0. The van der Waals surface area contributed by atoms with Gasteiger partial charge in [0.05, 0.1) is 0 Å². The molecule has 0 aliphatic heterocycles. The Hall–Kier alpha value is -0.780. The smallest absolute Gasteiger partial charge is 0.0376 e. The molecule has 8 heavy (non-hydrogen) atoms. The highest BCUT2D eigenvalue weighted by Gasteiger charge is 1.59. The monoisotopic (exact) mass is 108 g/mol. The highest BCUT2D eigenvalue weighted by Crippen LogP contribution is 1.80.